The lowest BCUT2D eigenvalue weighted by atomic mass is 10.1. The highest BCUT2D eigenvalue weighted by Crippen LogP contribution is 2.27. The predicted octanol–water partition coefficient (Wildman–Crippen LogP) is 1.79. The Hall–Kier alpha value is -1.57. The molecule has 3 rings (SSSR count). The van der Waals surface area contributed by atoms with Crippen molar-refractivity contribution in [3.05, 3.63) is 36.0 Å². The smallest absolute Gasteiger partial charge is 0.293 e. The van der Waals surface area contributed by atoms with Crippen molar-refractivity contribution in [2.24, 2.45) is 0 Å². The summed E-state index contributed by atoms with van der Waals surface area (Å²) >= 11 is 0. The SMILES string of the molecule is Cc1ccc2c3c1ccc[n+]3CO2. The molecule has 2 heteroatoms. The lowest BCUT2D eigenvalue weighted by molar-refractivity contribution is -0.688. The Balaban J connectivity index is 2.58. The molecule has 0 radical (unpaired) electrons. The molecule has 1 aromatic heterocycles. The highest BCUT2D eigenvalue weighted by atomic mass is 16.5. The maximum Gasteiger partial charge on any atom is 0.293 e. The molecule has 0 unspecified atom stereocenters. The zero-order valence-corrected chi connectivity index (χ0v) is 7.45. The molecule has 1 aromatic carbocycles. The summed E-state index contributed by atoms with van der Waals surface area (Å²) in [6.07, 6.45) is 2.05. The van der Waals surface area contributed by atoms with Crippen molar-refractivity contribution in [1.29, 1.82) is 0 Å². The second-order valence-corrected chi connectivity index (χ2v) is 3.39. The highest BCUT2D eigenvalue weighted by Gasteiger charge is 2.22. The molecule has 0 N–H and O–H groups in total. The summed E-state index contributed by atoms with van der Waals surface area (Å²) in [4.78, 5) is 0. The van der Waals surface area contributed by atoms with Crippen LogP contribution in [-0.4, -0.2) is 0 Å². The van der Waals surface area contributed by atoms with Gasteiger partial charge in [0.1, 0.15) is 0 Å². The maximum absolute atomic E-state index is 5.53. The molecule has 0 atom stereocenters. The first kappa shape index (κ1) is 6.89. The van der Waals surface area contributed by atoms with Crippen LogP contribution in [0, 0.1) is 6.92 Å². The van der Waals surface area contributed by atoms with Gasteiger partial charge in [0, 0.05) is 6.07 Å². The second kappa shape index (κ2) is 2.22. The van der Waals surface area contributed by atoms with E-state index in [1.807, 2.05) is 6.07 Å². The molecule has 0 saturated heterocycles. The minimum Gasteiger partial charge on any atom is -0.429 e. The van der Waals surface area contributed by atoms with Gasteiger partial charge in [-0.1, -0.05) is 6.07 Å². The Bertz CT molecular complexity index is 480. The fourth-order valence-electron chi connectivity index (χ4n) is 1.88. The quantitative estimate of drug-likeness (QED) is 0.552. The van der Waals surface area contributed by atoms with E-state index in [-0.39, 0.29) is 0 Å². The third kappa shape index (κ3) is 0.800. The molecule has 0 saturated carbocycles. The number of aryl methyl sites for hydroxylation is 1. The van der Waals surface area contributed by atoms with Crippen LogP contribution in [0.25, 0.3) is 10.9 Å². The van der Waals surface area contributed by atoms with Gasteiger partial charge in [-0.3, -0.25) is 0 Å². The van der Waals surface area contributed by atoms with Crippen molar-refractivity contribution in [3.8, 4) is 5.75 Å². The molecule has 0 bridgehead atoms. The summed E-state index contributed by atoms with van der Waals surface area (Å²) in [5.74, 6) is 1.00. The fraction of sp³-hybridized carbons (Fsp3) is 0.182. The largest absolute Gasteiger partial charge is 0.429 e. The van der Waals surface area contributed by atoms with Crippen molar-refractivity contribution in [2.45, 2.75) is 13.7 Å². The van der Waals surface area contributed by atoms with Gasteiger partial charge in [0.05, 0.1) is 5.39 Å². The number of aromatic nitrogens is 1. The minimum atomic E-state index is 0.649. The van der Waals surface area contributed by atoms with Gasteiger partial charge >= 0.3 is 0 Å². The van der Waals surface area contributed by atoms with Crippen LogP contribution in [0.2, 0.25) is 0 Å². The fourth-order valence-corrected chi connectivity index (χ4v) is 1.88. The van der Waals surface area contributed by atoms with Gasteiger partial charge in [0.2, 0.25) is 0 Å². The molecule has 1 aliphatic heterocycles. The zero-order chi connectivity index (χ0) is 8.84. The number of benzene rings is 1. The molecule has 0 aliphatic carbocycles. The molecular formula is C11H10NO+. The van der Waals surface area contributed by atoms with Crippen molar-refractivity contribution >= 4 is 10.9 Å². The predicted molar refractivity (Wildman–Crippen MR) is 49.5 cm³/mol. The first-order chi connectivity index (χ1) is 6.36. The molecule has 13 heavy (non-hydrogen) atoms. The van der Waals surface area contributed by atoms with Crippen LogP contribution in [0.15, 0.2) is 30.5 Å². The number of hydrogen-bond donors (Lipinski definition) is 0. The second-order valence-electron chi connectivity index (χ2n) is 3.39. The van der Waals surface area contributed by atoms with E-state index in [2.05, 4.69) is 35.9 Å². The van der Waals surface area contributed by atoms with E-state index in [9.17, 15) is 0 Å². The van der Waals surface area contributed by atoms with Gasteiger partial charge in [0.15, 0.2) is 11.9 Å². The molecule has 0 amide bonds. The summed E-state index contributed by atoms with van der Waals surface area (Å²) in [5, 5.41) is 1.29. The molecular weight excluding hydrogens is 162 g/mol. The maximum atomic E-state index is 5.53. The van der Waals surface area contributed by atoms with Gasteiger partial charge in [-0.05, 0) is 24.6 Å². The number of ether oxygens (including phenoxy) is 1. The Kier molecular flexibility index (Phi) is 1.18. The lowest BCUT2D eigenvalue weighted by Gasteiger charge is -1.96. The Morgan fingerprint density at radius 1 is 1.31 bits per heavy atom. The summed E-state index contributed by atoms with van der Waals surface area (Å²) in [5.41, 5.74) is 2.53. The van der Waals surface area contributed by atoms with Crippen LogP contribution >= 0.6 is 0 Å². The summed E-state index contributed by atoms with van der Waals surface area (Å²) in [6.45, 7) is 2.78. The summed E-state index contributed by atoms with van der Waals surface area (Å²) < 4.78 is 7.67. The van der Waals surface area contributed by atoms with Crippen molar-refractivity contribution in [3.63, 3.8) is 0 Å². The van der Waals surface area contributed by atoms with E-state index >= 15 is 0 Å². The van der Waals surface area contributed by atoms with Crippen LogP contribution in [0.3, 0.4) is 0 Å². The van der Waals surface area contributed by atoms with Gasteiger partial charge in [0.25, 0.3) is 12.2 Å². The van der Waals surface area contributed by atoms with Crippen LogP contribution in [0.4, 0.5) is 0 Å². The molecule has 2 nitrogen and oxygen atoms in total. The molecule has 64 valence electrons. The lowest BCUT2D eigenvalue weighted by Crippen LogP contribution is -2.31. The third-order valence-electron chi connectivity index (χ3n) is 2.57. The van der Waals surface area contributed by atoms with E-state index in [1.165, 1.54) is 16.5 Å². The molecule has 2 aromatic rings. The van der Waals surface area contributed by atoms with E-state index in [1.54, 1.807) is 0 Å². The molecule has 0 spiro atoms. The number of hydrogen-bond acceptors (Lipinski definition) is 1. The Labute approximate surface area is 76.4 Å². The zero-order valence-electron chi connectivity index (χ0n) is 7.45. The number of rotatable bonds is 0. The van der Waals surface area contributed by atoms with Crippen molar-refractivity contribution in [2.75, 3.05) is 0 Å². The normalized spacial score (nSPS) is 13.3. The first-order valence-electron chi connectivity index (χ1n) is 4.41. The van der Waals surface area contributed by atoms with Gasteiger partial charge in [-0.15, -0.1) is 0 Å². The summed E-state index contributed by atoms with van der Waals surface area (Å²) in [7, 11) is 0. The standard InChI is InChI=1S/C11H10NO/c1-8-4-5-10-11-9(8)3-2-6-12(11)7-13-10/h2-6H,7H2,1H3/q+1. The highest BCUT2D eigenvalue weighted by molar-refractivity contribution is 5.85. The van der Waals surface area contributed by atoms with Gasteiger partial charge in [-0.2, -0.15) is 4.57 Å². The topological polar surface area (TPSA) is 13.1 Å². The molecule has 1 aliphatic rings. The van der Waals surface area contributed by atoms with Crippen LogP contribution < -0.4 is 9.30 Å². The first-order valence-corrected chi connectivity index (χ1v) is 4.41. The van der Waals surface area contributed by atoms with Gasteiger partial charge < -0.3 is 4.74 Å². The van der Waals surface area contributed by atoms with Gasteiger partial charge in [-0.25, -0.2) is 0 Å². The average molecular weight is 172 g/mol. The minimum absolute atomic E-state index is 0.649. The molecule has 2 heterocycles. The summed E-state index contributed by atoms with van der Waals surface area (Å²) in [6, 6.07) is 8.35. The van der Waals surface area contributed by atoms with E-state index in [0.29, 0.717) is 6.73 Å². The van der Waals surface area contributed by atoms with E-state index < -0.39 is 0 Å². The Morgan fingerprint density at radius 3 is 3.15 bits per heavy atom. The average Bonchev–Trinajstić information content (AvgIpc) is 2.57. The van der Waals surface area contributed by atoms with E-state index in [4.69, 9.17) is 4.74 Å². The van der Waals surface area contributed by atoms with Crippen LogP contribution in [0.1, 0.15) is 5.56 Å². The van der Waals surface area contributed by atoms with Crippen LogP contribution in [0.5, 0.6) is 5.75 Å². The van der Waals surface area contributed by atoms with Crippen molar-refractivity contribution in [1.82, 2.24) is 0 Å². The number of pyridine rings is 1. The van der Waals surface area contributed by atoms with Crippen LogP contribution in [-0.2, 0) is 6.73 Å². The number of nitrogens with zero attached hydrogens (tertiary/aromatic N) is 1. The third-order valence-corrected chi connectivity index (χ3v) is 2.57. The molecule has 0 fully saturated rings. The Morgan fingerprint density at radius 2 is 2.23 bits per heavy atom. The van der Waals surface area contributed by atoms with E-state index in [0.717, 1.165) is 5.75 Å². The monoisotopic (exact) mass is 172 g/mol. The van der Waals surface area contributed by atoms with Crippen molar-refractivity contribution < 1.29 is 9.30 Å².